The van der Waals surface area contributed by atoms with Gasteiger partial charge < -0.3 is 14.9 Å². The number of nitrogens with two attached hydrogens (primary N) is 1. The molecule has 0 aliphatic carbocycles. The summed E-state index contributed by atoms with van der Waals surface area (Å²) < 4.78 is 10.8. The zero-order valence-electron chi connectivity index (χ0n) is 12.6. The third kappa shape index (κ3) is 4.97. The lowest BCUT2D eigenvalue weighted by atomic mass is 10.0. The Morgan fingerprint density at radius 1 is 1.42 bits per heavy atom. The van der Waals surface area contributed by atoms with E-state index in [0.29, 0.717) is 12.5 Å². The molecular weight excluding hydrogens is 240 g/mol. The van der Waals surface area contributed by atoms with Gasteiger partial charge in [-0.3, -0.25) is 4.90 Å². The number of rotatable bonds is 9. The Morgan fingerprint density at radius 3 is 2.63 bits per heavy atom. The van der Waals surface area contributed by atoms with Crippen LogP contribution < -0.4 is 5.73 Å². The normalized spacial score (nSPS) is 15.1. The number of hydrogen-bond donors (Lipinski definition) is 1. The van der Waals surface area contributed by atoms with Crippen molar-refractivity contribution in [1.29, 1.82) is 0 Å². The summed E-state index contributed by atoms with van der Waals surface area (Å²) in [6, 6.07) is 4.13. The molecule has 0 saturated carbocycles. The molecule has 1 aromatic heterocycles. The predicted octanol–water partition coefficient (Wildman–Crippen LogP) is 2.66. The average molecular weight is 268 g/mol. The Bertz CT molecular complexity index is 325. The zero-order valence-corrected chi connectivity index (χ0v) is 12.6. The number of ether oxygens (including phenoxy) is 1. The second kappa shape index (κ2) is 8.35. The van der Waals surface area contributed by atoms with Gasteiger partial charge in [0.15, 0.2) is 0 Å². The van der Waals surface area contributed by atoms with E-state index in [1.165, 1.54) is 0 Å². The fraction of sp³-hybridized carbons (Fsp3) is 0.733. The van der Waals surface area contributed by atoms with Crippen molar-refractivity contribution < 1.29 is 9.15 Å². The first-order chi connectivity index (χ1) is 9.10. The van der Waals surface area contributed by atoms with E-state index in [1.54, 1.807) is 13.4 Å². The summed E-state index contributed by atoms with van der Waals surface area (Å²) >= 11 is 0. The third-order valence-corrected chi connectivity index (χ3v) is 3.29. The number of methoxy groups -OCH3 is 1. The summed E-state index contributed by atoms with van der Waals surface area (Å²) in [5.41, 5.74) is 6.31. The van der Waals surface area contributed by atoms with Gasteiger partial charge in [-0.2, -0.15) is 0 Å². The first kappa shape index (κ1) is 16.2. The highest BCUT2D eigenvalue weighted by atomic mass is 16.5. The van der Waals surface area contributed by atoms with Gasteiger partial charge in [0.25, 0.3) is 0 Å². The molecule has 0 aliphatic heterocycles. The zero-order chi connectivity index (χ0) is 14.3. The molecule has 1 aromatic rings. The van der Waals surface area contributed by atoms with Crippen molar-refractivity contribution in [1.82, 2.24) is 4.90 Å². The number of hydrogen-bond acceptors (Lipinski definition) is 4. The fourth-order valence-corrected chi connectivity index (χ4v) is 2.37. The van der Waals surface area contributed by atoms with E-state index in [-0.39, 0.29) is 12.1 Å². The van der Waals surface area contributed by atoms with E-state index >= 15 is 0 Å². The molecule has 0 fully saturated rings. The number of furan rings is 1. The van der Waals surface area contributed by atoms with Crippen LogP contribution in [0, 0.1) is 5.92 Å². The minimum absolute atomic E-state index is 0.0711. The van der Waals surface area contributed by atoms with Gasteiger partial charge in [-0.1, -0.05) is 20.8 Å². The molecule has 1 rings (SSSR count). The lowest BCUT2D eigenvalue weighted by Gasteiger charge is -2.35. The molecule has 1 heterocycles. The minimum Gasteiger partial charge on any atom is -0.468 e. The average Bonchev–Trinajstić information content (AvgIpc) is 2.88. The van der Waals surface area contributed by atoms with Crippen molar-refractivity contribution in [2.24, 2.45) is 11.7 Å². The van der Waals surface area contributed by atoms with Crippen LogP contribution in [0.4, 0.5) is 0 Å². The highest BCUT2D eigenvalue weighted by Gasteiger charge is 2.28. The summed E-state index contributed by atoms with van der Waals surface area (Å²) in [5.74, 6) is 1.53. The Kier molecular flexibility index (Phi) is 7.13. The standard InChI is InChI=1S/C15H28N2O2/c1-5-13(16)15(14-7-6-9-19-14)17(8-10-18-4)11-12(2)3/h6-7,9,12-13,15H,5,8,10-11,16H2,1-4H3. The Morgan fingerprint density at radius 2 is 2.16 bits per heavy atom. The van der Waals surface area contributed by atoms with Crippen LogP contribution in [0.3, 0.4) is 0 Å². The van der Waals surface area contributed by atoms with Gasteiger partial charge >= 0.3 is 0 Å². The van der Waals surface area contributed by atoms with Gasteiger partial charge in [-0.15, -0.1) is 0 Å². The van der Waals surface area contributed by atoms with Gasteiger partial charge in [0.2, 0.25) is 0 Å². The summed E-state index contributed by atoms with van der Waals surface area (Å²) in [4.78, 5) is 2.38. The van der Waals surface area contributed by atoms with Crippen molar-refractivity contribution in [3.8, 4) is 0 Å². The lowest BCUT2D eigenvalue weighted by Crippen LogP contribution is -2.43. The van der Waals surface area contributed by atoms with Crippen molar-refractivity contribution in [2.75, 3.05) is 26.8 Å². The topological polar surface area (TPSA) is 51.6 Å². The molecule has 0 spiro atoms. The van der Waals surface area contributed by atoms with Gasteiger partial charge in [0.05, 0.1) is 18.9 Å². The third-order valence-electron chi connectivity index (χ3n) is 3.29. The van der Waals surface area contributed by atoms with Gasteiger partial charge in [-0.05, 0) is 24.5 Å². The molecule has 19 heavy (non-hydrogen) atoms. The minimum atomic E-state index is 0.0711. The van der Waals surface area contributed by atoms with Gasteiger partial charge in [-0.25, -0.2) is 0 Å². The van der Waals surface area contributed by atoms with Crippen LogP contribution in [0.5, 0.6) is 0 Å². The van der Waals surface area contributed by atoms with Crippen LogP contribution in [0.2, 0.25) is 0 Å². The lowest BCUT2D eigenvalue weighted by molar-refractivity contribution is 0.0875. The second-order valence-corrected chi connectivity index (χ2v) is 5.41. The molecule has 0 bridgehead atoms. The molecule has 4 nitrogen and oxygen atoms in total. The van der Waals surface area contributed by atoms with Crippen molar-refractivity contribution >= 4 is 0 Å². The molecule has 110 valence electrons. The maximum atomic E-state index is 6.31. The van der Waals surface area contributed by atoms with E-state index in [0.717, 1.165) is 25.3 Å². The van der Waals surface area contributed by atoms with Crippen LogP contribution in [0.25, 0.3) is 0 Å². The molecular formula is C15H28N2O2. The summed E-state index contributed by atoms with van der Waals surface area (Å²) in [6.45, 7) is 9.12. The highest BCUT2D eigenvalue weighted by Crippen LogP contribution is 2.26. The smallest absolute Gasteiger partial charge is 0.122 e. The Hall–Kier alpha value is -0.840. The van der Waals surface area contributed by atoms with E-state index in [2.05, 4.69) is 25.7 Å². The second-order valence-electron chi connectivity index (χ2n) is 5.41. The molecule has 0 amide bonds. The monoisotopic (exact) mass is 268 g/mol. The molecule has 0 saturated heterocycles. The predicted molar refractivity (Wildman–Crippen MR) is 78.0 cm³/mol. The molecule has 0 aromatic carbocycles. The highest BCUT2D eigenvalue weighted by molar-refractivity contribution is 5.08. The van der Waals surface area contributed by atoms with Crippen molar-refractivity contribution in [3.05, 3.63) is 24.2 Å². The van der Waals surface area contributed by atoms with Crippen LogP contribution >= 0.6 is 0 Å². The SMILES string of the molecule is CCC(N)C(c1ccco1)N(CCOC)CC(C)C. The van der Waals surface area contributed by atoms with Crippen LogP contribution in [-0.4, -0.2) is 37.7 Å². The fourth-order valence-electron chi connectivity index (χ4n) is 2.37. The molecule has 0 radical (unpaired) electrons. The maximum Gasteiger partial charge on any atom is 0.122 e. The largest absolute Gasteiger partial charge is 0.468 e. The summed E-state index contributed by atoms with van der Waals surface area (Å²) in [5, 5.41) is 0. The summed E-state index contributed by atoms with van der Waals surface area (Å²) in [6.07, 6.45) is 2.64. The Labute approximate surface area is 116 Å². The summed E-state index contributed by atoms with van der Waals surface area (Å²) in [7, 11) is 1.73. The van der Waals surface area contributed by atoms with E-state index in [4.69, 9.17) is 14.9 Å². The quantitative estimate of drug-likeness (QED) is 0.748. The van der Waals surface area contributed by atoms with E-state index < -0.39 is 0 Å². The first-order valence-corrected chi connectivity index (χ1v) is 7.12. The van der Waals surface area contributed by atoms with Crippen LogP contribution in [0.1, 0.15) is 39.0 Å². The maximum absolute atomic E-state index is 6.31. The van der Waals surface area contributed by atoms with Crippen LogP contribution in [0.15, 0.2) is 22.8 Å². The molecule has 4 heteroatoms. The van der Waals surface area contributed by atoms with Crippen molar-refractivity contribution in [2.45, 2.75) is 39.3 Å². The molecule has 2 unspecified atom stereocenters. The van der Waals surface area contributed by atoms with Crippen molar-refractivity contribution in [3.63, 3.8) is 0 Å². The van der Waals surface area contributed by atoms with E-state index in [9.17, 15) is 0 Å². The first-order valence-electron chi connectivity index (χ1n) is 7.12. The van der Waals surface area contributed by atoms with Gasteiger partial charge in [0, 0.05) is 26.2 Å². The molecule has 2 atom stereocenters. The van der Waals surface area contributed by atoms with Gasteiger partial charge in [0.1, 0.15) is 5.76 Å². The number of nitrogens with zero attached hydrogens (tertiary/aromatic N) is 1. The molecule has 2 N–H and O–H groups in total. The Balaban J connectivity index is 2.89. The van der Waals surface area contributed by atoms with Crippen LogP contribution in [-0.2, 0) is 4.74 Å². The molecule has 0 aliphatic rings. The van der Waals surface area contributed by atoms with E-state index in [1.807, 2.05) is 12.1 Å².